The number of halogens is 2. The summed E-state index contributed by atoms with van der Waals surface area (Å²) in [5.74, 6) is 0. The lowest BCUT2D eigenvalue weighted by atomic mass is 9.81. The van der Waals surface area contributed by atoms with E-state index in [4.69, 9.17) is 0 Å². The first-order valence-corrected chi connectivity index (χ1v) is 4.24. The zero-order valence-corrected chi connectivity index (χ0v) is 8.99. The molecule has 0 aliphatic heterocycles. The van der Waals surface area contributed by atoms with Crippen LogP contribution in [0.1, 0.15) is 34.6 Å². The maximum absolute atomic E-state index is 13.4. The van der Waals surface area contributed by atoms with Crippen LogP contribution in [0.5, 0.6) is 0 Å². The molecule has 68 valence electrons. The third-order valence-corrected chi connectivity index (χ3v) is 3.84. The minimum absolute atomic E-state index is 1.04. The lowest BCUT2D eigenvalue weighted by Crippen LogP contribution is -2.52. The van der Waals surface area contributed by atoms with Crippen molar-refractivity contribution in [3.63, 3.8) is 0 Å². The third kappa shape index (κ3) is 2.11. The summed E-state index contributed by atoms with van der Waals surface area (Å²) < 4.78 is 26.8. The summed E-state index contributed by atoms with van der Waals surface area (Å²) in [6, 6.07) is 0. The highest BCUT2D eigenvalue weighted by Crippen LogP contribution is 2.44. The van der Waals surface area contributed by atoms with Gasteiger partial charge in [0.15, 0.2) is 0 Å². The second kappa shape index (κ2) is 2.65. The van der Waals surface area contributed by atoms with Crippen molar-refractivity contribution in [3.05, 3.63) is 0 Å². The Balaban J connectivity index is 4.75. The van der Waals surface area contributed by atoms with E-state index in [2.05, 4.69) is 9.24 Å². The summed E-state index contributed by atoms with van der Waals surface area (Å²) in [7, 11) is 2.26. The molecule has 0 aromatic heterocycles. The van der Waals surface area contributed by atoms with Crippen molar-refractivity contribution in [2.24, 2.45) is 0 Å². The average Bonchev–Trinajstić information content (AvgIpc) is 1.58. The molecular weight excluding hydrogens is 165 g/mol. The molecule has 0 radical (unpaired) electrons. The lowest BCUT2D eigenvalue weighted by Gasteiger charge is -2.42. The molecule has 0 saturated carbocycles. The molecule has 0 aliphatic carbocycles. The average molecular weight is 182 g/mol. The highest BCUT2D eigenvalue weighted by atomic mass is 31.0. The molecule has 1 unspecified atom stereocenters. The second-order valence-corrected chi connectivity index (χ2v) is 5.30. The molecule has 0 bridgehead atoms. The van der Waals surface area contributed by atoms with Crippen molar-refractivity contribution in [2.45, 2.75) is 51.1 Å². The van der Waals surface area contributed by atoms with Crippen LogP contribution in [-0.4, -0.2) is 16.5 Å². The van der Waals surface area contributed by atoms with Gasteiger partial charge in [-0.1, -0.05) is 6.92 Å². The van der Waals surface area contributed by atoms with Gasteiger partial charge in [-0.15, -0.1) is 9.24 Å². The van der Waals surface area contributed by atoms with E-state index >= 15 is 0 Å². The molecule has 0 amide bonds. The van der Waals surface area contributed by atoms with Crippen molar-refractivity contribution >= 4 is 9.24 Å². The fraction of sp³-hybridized carbons (Fsp3) is 1.00. The Kier molecular flexibility index (Phi) is 2.72. The molecule has 1 atom stereocenters. The molecule has 0 aromatic rings. The topological polar surface area (TPSA) is 0 Å². The van der Waals surface area contributed by atoms with Gasteiger partial charge in [0.05, 0.1) is 0 Å². The molecule has 0 N–H and O–H groups in total. The number of hydrogen-bond donors (Lipinski definition) is 0. The molecular formula is C8H17F2P. The van der Waals surface area contributed by atoms with E-state index in [1.807, 2.05) is 0 Å². The van der Waals surface area contributed by atoms with E-state index in [1.54, 1.807) is 6.92 Å². The van der Waals surface area contributed by atoms with E-state index < -0.39 is 16.5 Å². The summed E-state index contributed by atoms with van der Waals surface area (Å²) in [5.41, 5.74) is -3.06. The van der Waals surface area contributed by atoms with Crippen LogP contribution in [0, 0.1) is 0 Å². The van der Waals surface area contributed by atoms with Gasteiger partial charge in [0.2, 0.25) is 0 Å². The van der Waals surface area contributed by atoms with E-state index in [-0.39, 0.29) is 0 Å². The van der Waals surface area contributed by atoms with Gasteiger partial charge in [0.25, 0.3) is 0 Å². The van der Waals surface area contributed by atoms with Gasteiger partial charge in [0.1, 0.15) is 11.3 Å². The van der Waals surface area contributed by atoms with Gasteiger partial charge in [0, 0.05) is 5.16 Å². The van der Waals surface area contributed by atoms with E-state index in [0.29, 0.717) is 0 Å². The maximum Gasteiger partial charge on any atom is 0.117 e. The fourth-order valence-electron chi connectivity index (χ4n) is 0.707. The Morgan fingerprint density at radius 3 is 1.00 bits per heavy atom. The predicted molar refractivity (Wildman–Crippen MR) is 48.5 cm³/mol. The van der Waals surface area contributed by atoms with Crippen molar-refractivity contribution in [2.75, 3.05) is 0 Å². The van der Waals surface area contributed by atoms with Gasteiger partial charge in [-0.25, -0.2) is 8.78 Å². The molecule has 0 aromatic carbocycles. The zero-order chi connectivity index (χ0) is 9.50. The Labute approximate surface area is 70.0 Å². The zero-order valence-electron chi connectivity index (χ0n) is 7.83. The SMILES string of the molecule is CC(C)(F)C(C)(P)C(C)(C)F. The van der Waals surface area contributed by atoms with Gasteiger partial charge < -0.3 is 0 Å². The van der Waals surface area contributed by atoms with Crippen LogP contribution in [0.4, 0.5) is 8.78 Å². The highest BCUT2D eigenvalue weighted by molar-refractivity contribution is 7.19. The Hall–Kier alpha value is 0.290. The molecule has 0 nitrogen and oxygen atoms in total. The Bertz CT molecular complexity index is 123. The van der Waals surface area contributed by atoms with E-state index in [9.17, 15) is 8.78 Å². The van der Waals surface area contributed by atoms with Gasteiger partial charge in [-0.05, 0) is 27.7 Å². The minimum atomic E-state index is -1.53. The van der Waals surface area contributed by atoms with Gasteiger partial charge >= 0.3 is 0 Å². The molecule has 3 heteroatoms. The van der Waals surface area contributed by atoms with E-state index in [1.165, 1.54) is 27.7 Å². The van der Waals surface area contributed by atoms with Crippen LogP contribution in [0.2, 0.25) is 0 Å². The molecule has 0 aliphatic rings. The number of alkyl halides is 2. The van der Waals surface area contributed by atoms with Gasteiger partial charge in [-0.2, -0.15) is 0 Å². The van der Waals surface area contributed by atoms with Crippen LogP contribution in [-0.2, 0) is 0 Å². The Morgan fingerprint density at radius 1 is 0.818 bits per heavy atom. The summed E-state index contributed by atoms with van der Waals surface area (Å²) >= 11 is 0. The summed E-state index contributed by atoms with van der Waals surface area (Å²) in [6.07, 6.45) is 0. The van der Waals surface area contributed by atoms with E-state index in [0.717, 1.165) is 0 Å². The largest absolute Gasteiger partial charge is 0.243 e. The summed E-state index contributed by atoms with van der Waals surface area (Å²) in [4.78, 5) is 0. The number of hydrogen-bond acceptors (Lipinski definition) is 0. The van der Waals surface area contributed by atoms with Crippen molar-refractivity contribution in [1.82, 2.24) is 0 Å². The van der Waals surface area contributed by atoms with Crippen LogP contribution in [0.3, 0.4) is 0 Å². The summed E-state index contributed by atoms with van der Waals surface area (Å²) in [6.45, 7) is 7.13. The first-order valence-electron chi connectivity index (χ1n) is 3.67. The first-order chi connectivity index (χ1) is 4.50. The first kappa shape index (κ1) is 11.3. The number of rotatable bonds is 2. The monoisotopic (exact) mass is 182 g/mol. The van der Waals surface area contributed by atoms with Crippen molar-refractivity contribution in [1.29, 1.82) is 0 Å². The quantitative estimate of drug-likeness (QED) is 0.575. The fourth-order valence-corrected chi connectivity index (χ4v) is 0.707. The molecule has 11 heavy (non-hydrogen) atoms. The second-order valence-electron chi connectivity index (χ2n) is 4.15. The van der Waals surface area contributed by atoms with Crippen molar-refractivity contribution in [3.8, 4) is 0 Å². The molecule has 0 spiro atoms. The summed E-state index contributed by atoms with van der Waals surface area (Å²) in [5, 5.41) is -1.04. The minimum Gasteiger partial charge on any atom is -0.243 e. The molecule has 0 rings (SSSR count). The predicted octanol–water partition coefficient (Wildman–Crippen LogP) is 3.12. The molecule has 0 fully saturated rings. The van der Waals surface area contributed by atoms with Gasteiger partial charge in [-0.3, -0.25) is 0 Å². The molecule has 0 heterocycles. The van der Waals surface area contributed by atoms with Crippen LogP contribution < -0.4 is 0 Å². The Morgan fingerprint density at radius 2 is 1.00 bits per heavy atom. The normalized spacial score (nSPS) is 15.3. The molecule has 0 saturated heterocycles. The standard InChI is InChI=1S/C8H17F2P/c1-6(2,9)8(5,11)7(3,4)10/h11H2,1-5H3. The maximum atomic E-state index is 13.4. The van der Waals surface area contributed by atoms with Crippen LogP contribution in [0.15, 0.2) is 0 Å². The third-order valence-electron chi connectivity index (χ3n) is 2.47. The lowest BCUT2D eigenvalue weighted by molar-refractivity contribution is 0.0447. The highest BCUT2D eigenvalue weighted by Gasteiger charge is 2.49. The smallest absolute Gasteiger partial charge is 0.117 e. The van der Waals surface area contributed by atoms with Crippen molar-refractivity contribution < 1.29 is 8.78 Å². The van der Waals surface area contributed by atoms with Crippen LogP contribution >= 0.6 is 9.24 Å². The van der Waals surface area contributed by atoms with Crippen LogP contribution in [0.25, 0.3) is 0 Å².